The van der Waals surface area contributed by atoms with Crippen molar-refractivity contribution in [3.8, 4) is 5.75 Å². The number of anilines is 1. The molecule has 1 N–H and O–H groups in total. The van der Waals surface area contributed by atoms with Gasteiger partial charge in [0.1, 0.15) is 5.75 Å². The zero-order valence-corrected chi connectivity index (χ0v) is 17.2. The molecule has 3 rings (SSSR count). The van der Waals surface area contributed by atoms with Gasteiger partial charge in [-0.25, -0.2) is 8.42 Å². The number of nitrogens with one attached hydrogen (secondary N) is 1. The topological polar surface area (TPSA) is 75.7 Å². The van der Waals surface area contributed by atoms with Crippen molar-refractivity contribution < 1.29 is 17.9 Å². The molecule has 0 aromatic heterocycles. The van der Waals surface area contributed by atoms with Gasteiger partial charge in [-0.15, -0.1) is 0 Å². The summed E-state index contributed by atoms with van der Waals surface area (Å²) in [4.78, 5) is 12.7. The molecule has 1 saturated heterocycles. The highest BCUT2D eigenvalue weighted by Gasteiger charge is 2.34. The van der Waals surface area contributed by atoms with Gasteiger partial charge in [-0.05, 0) is 55.3 Å². The molecule has 8 heteroatoms. The number of hydrogen-bond acceptors (Lipinski definition) is 4. The molecular weight excluding hydrogens is 400 g/mol. The number of ether oxygens (including phenoxy) is 1. The monoisotopic (exact) mass is 422 g/mol. The second-order valence-corrected chi connectivity index (χ2v) is 9.03. The van der Waals surface area contributed by atoms with Gasteiger partial charge in [0, 0.05) is 29.7 Å². The lowest BCUT2D eigenvalue weighted by atomic mass is 10.0. The molecule has 0 bridgehead atoms. The van der Waals surface area contributed by atoms with Crippen molar-refractivity contribution in [2.24, 2.45) is 0 Å². The molecule has 1 atom stereocenters. The fourth-order valence-corrected chi connectivity index (χ4v) is 5.25. The van der Waals surface area contributed by atoms with Crippen molar-refractivity contribution in [1.29, 1.82) is 0 Å². The molecule has 6 nitrogen and oxygen atoms in total. The maximum absolute atomic E-state index is 13.1. The minimum absolute atomic E-state index is 0.0991. The smallest absolute Gasteiger partial charge is 0.243 e. The third-order valence-electron chi connectivity index (χ3n) is 4.77. The standard InChI is InChI=1S/C20H23ClN2O4S/c1-27-18-8-10-19(11-9-18)28(25,26)23-12-3-2-7-17(23)14-20(24)22-16-6-4-5-15(21)13-16/h4-6,8-11,13,17H,2-3,7,12,14H2,1H3,(H,22,24)/t17-/m1/s1. The van der Waals surface area contributed by atoms with Gasteiger partial charge in [0.25, 0.3) is 0 Å². The van der Waals surface area contributed by atoms with Crippen molar-refractivity contribution in [2.75, 3.05) is 19.0 Å². The first-order valence-corrected chi connectivity index (χ1v) is 10.9. The second kappa shape index (κ2) is 8.94. The average Bonchev–Trinajstić information content (AvgIpc) is 2.68. The van der Waals surface area contributed by atoms with E-state index in [-0.39, 0.29) is 23.3 Å². The van der Waals surface area contributed by atoms with Gasteiger partial charge < -0.3 is 10.1 Å². The van der Waals surface area contributed by atoms with Crippen LogP contribution in [0.15, 0.2) is 53.4 Å². The highest BCUT2D eigenvalue weighted by Crippen LogP contribution is 2.28. The van der Waals surface area contributed by atoms with Gasteiger partial charge in [-0.3, -0.25) is 4.79 Å². The van der Waals surface area contributed by atoms with Crippen LogP contribution in [0.2, 0.25) is 5.02 Å². The number of rotatable bonds is 6. The molecule has 0 unspecified atom stereocenters. The molecule has 1 fully saturated rings. The predicted molar refractivity (Wildman–Crippen MR) is 109 cm³/mol. The summed E-state index contributed by atoms with van der Waals surface area (Å²) >= 11 is 5.94. The van der Waals surface area contributed by atoms with Crippen molar-refractivity contribution in [3.05, 3.63) is 53.6 Å². The predicted octanol–water partition coefficient (Wildman–Crippen LogP) is 3.92. The summed E-state index contributed by atoms with van der Waals surface area (Å²) in [5.74, 6) is 0.360. The van der Waals surface area contributed by atoms with E-state index in [1.165, 1.54) is 23.5 Å². The number of nitrogens with zero attached hydrogens (tertiary/aromatic N) is 1. The van der Waals surface area contributed by atoms with E-state index in [9.17, 15) is 13.2 Å². The number of piperidine rings is 1. The SMILES string of the molecule is COc1ccc(S(=O)(=O)N2CCCC[C@@H]2CC(=O)Nc2cccc(Cl)c2)cc1. The van der Waals surface area contributed by atoms with Gasteiger partial charge in [-0.1, -0.05) is 24.1 Å². The summed E-state index contributed by atoms with van der Waals surface area (Å²) < 4.78 is 32.8. The normalized spacial score (nSPS) is 17.9. The Morgan fingerprint density at radius 1 is 1.21 bits per heavy atom. The number of benzene rings is 2. The first kappa shape index (κ1) is 20.6. The number of carbonyl (C=O) groups is 1. The van der Waals surface area contributed by atoms with Crippen LogP contribution in [0.1, 0.15) is 25.7 Å². The van der Waals surface area contributed by atoms with Gasteiger partial charge >= 0.3 is 0 Å². The number of methoxy groups -OCH3 is 1. The van der Waals surface area contributed by atoms with E-state index in [4.69, 9.17) is 16.3 Å². The summed E-state index contributed by atoms with van der Waals surface area (Å²) in [5, 5.41) is 3.32. The zero-order chi connectivity index (χ0) is 20.1. The quantitative estimate of drug-likeness (QED) is 0.765. The molecule has 1 aliphatic heterocycles. The third-order valence-corrected chi connectivity index (χ3v) is 6.97. The number of carbonyl (C=O) groups excluding carboxylic acids is 1. The molecule has 0 saturated carbocycles. The molecule has 0 spiro atoms. The molecule has 1 aliphatic rings. The van der Waals surface area contributed by atoms with Gasteiger partial charge in [-0.2, -0.15) is 4.31 Å². The molecule has 2 aromatic carbocycles. The van der Waals surface area contributed by atoms with Crippen LogP contribution in [-0.4, -0.2) is 38.3 Å². The van der Waals surface area contributed by atoms with Crippen LogP contribution < -0.4 is 10.1 Å². The fourth-order valence-electron chi connectivity index (χ4n) is 3.37. The largest absolute Gasteiger partial charge is 0.497 e. The maximum atomic E-state index is 13.1. The van der Waals surface area contributed by atoms with Crippen molar-refractivity contribution in [3.63, 3.8) is 0 Å². The Morgan fingerprint density at radius 2 is 1.96 bits per heavy atom. The van der Waals surface area contributed by atoms with E-state index in [1.54, 1.807) is 36.4 Å². The summed E-state index contributed by atoms with van der Waals surface area (Å²) in [6.45, 7) is 0.406. The van der Waals surface area contributed by atoms with Gasteiger partial charge in [0.15, 0.2) is 0 Å². The van der Waals surface area contributed by atoms with Crippen molar-refractivity contribution in [1.82, 2.24) is 4.31 Å². The highest BCUT2D eigenvalue weighted by molar-refractivity contribution is 7.89. The second-order valence-electron chi connectivity index (χ2n) is 6.70. The van der Waals surface area contributed by atoms with Crippen LogP contribution in [0.5, 0.6) is 5.75 Å². The molecular formula is C20H23ClN2O4S. The Hall–Kier alpha value is -2.09. The van der Waals surface area contributed by atoms with E-state index in [2.05, 4.69) is 5.32 Å². The van der Waals surface area contributed by atoms with Gasteiger partial charge in [0.05, 0.1) is 12.0 Å². The molecule has 2 aromatic rings. The van der Waals surface area contributed by atoms with E-state index < -0.39 is 10.0 Å². The van der Waals surface area contributed by atoms with E-state index >= 15 is 0 Å². The molecule has 0 aliphatic carbocycles. The number of hydrogen-bond donors (Lipinski definition) is 1. The first-order chi connectivity index (χ1) is 13.4. The Balaban J connectivity index is 1.74. The van der Waals surface area contributed by atoms with Crippen molar-refractivity contribution in [2.45, 2.75) is 36.6 Å². The molecule has 28 heavy (non-hydrogen) atoms. The average molecular weight is 423 g/mol. The summed E-state index contributed by atoms with van der Waals surface area (Å²) in [6, 6.07) is 12.8. The maximum Gasteiger partial charge on any atom is 0.243 e. The summed E-state index contributed by atoms with van der Waals surface area (Å²) in [5.41, 5.74) is 0.595. The molecule has 150 valence electrons. The lowest BCUT2D eigenvalue weighted by Crippen LogP contribution is -2.45. The Bertz CT molecular complexity index is 931. The Kier molecular flexibility index (Phi) is 6.59. The zero-order valence-electron chi connectivity index (χ0n) is 15.6. The van der Waals surface area contributed by atoms with E-state index in [1.807, 2.05) is 0 Å². The number of halogens is 1. The lowest BCUT2D eigenvalue weighted by Gasteiger charge is -2.34. The fraction of sp³-hybridized carbons (Fsp3) is 0.350. The molecule has 1 heterocycles. The lowest BCUT2D eigenvalue weighted by molar-refractivity contribution is -0.117. The minimum atomic E-state index is -3.68. The minimum Gasteiger partial charge on any atom is -0.497 e. The Morgan fingerprint density at radius 3 is 2.64 bits per heavy atom. The number of amides is 1. The van der Waals surface area contributed by atoms with Crippen molar-refractivity contribution >= 4 is 33.2 Å². The Labute approximate surface area is 170 Å². The van der Waals surface area contributed by atoms with Gasteiger partial charge in [0.2, 0.25) is 15.9 Å². The molecule has 1 amide bonds. The highest BCUT2D eigenvalue weighted by atomic mass is 35.5. The van der Waals surface area contributed by atoms with Crippen LogP contribution in [0, 0.1) is 0 Å². The van der Waals surface area contributed by atoms with Crippen LogP contribution in [-0.2, 0) is 14.8 Å². The molecule has 0 radical (unpaired) electrons. The first-order valence-electron chi connectivity index (χ1n) is 9.11. The van der Waals surface area contributed by atoms with Crippen LogP contribution >= 0.6 is 11.6 Å². The van der Waals surface area contributed by atoms with Crippen LogP contribution in [0.3, 0.4) is 0 Å². The third kappa shape index (κ3) is 4.84. The van der Waals surface area contributed by atoms with Crippen LogP contribution in [0.25, 0.3) is 0 Å². The summed E-state index contributed by atoms with van der Waals surface area (Å²) in [7, 11) is -2.15. The van der Waals surface area contributed by atoms with E-state index in [0.29, 0.717) is 29.4 Å². The van der Waals surface area contributed by atoms with Crippen LogP contribution in [0.4, 0.5) is 5.69 Å². The number of sulfonamides is 1. The van der Waals surface area contributed by atoms with E-state index in [0.717, 1.165) is 12.8 Å². The summed E-state index contributed by atoms with van der Waals surface area (Å²) in [6.07, 6.45) is 2.42.